The number of hydrogen-bond acceptors (Lipinski definition) is 4. The van der Waals surface area contributed by atoms with Crippen LogP contribution in [0.15, 0.2) is 42.5 Å². The molecule has 38 heavy (non-hydrogen) atoms. The molecule has 0 aromatic heterocycles. The Kier molecular flexibility index (Phi) is 8.30. The first-order valence-corrected chi connectivity index (χ1v) is 12.3. The molecule has 4 rings (SSSR count). The molecule has 0 unspecified atom stereocenters. The topological polar surface area (TPSA) is 44.8 Å². The first-order chi connectivity index (χ1) is 18.1. The number of benzene rings is 3. The van der Waals surface area contributed by atoms with Gasteiger partial charge in [-0.2, -0.15) is 0 Å². The maximum Gasteiger partial charge on any atom is 0.255 e. The molecule has 0 spiro atoms. The molecule has 1 N–H and O–H groups in total. The van der Waals surface area contributed by atoms with Gasteiger partial charge in [0.25, 0.3) is 5.91 Å². The van der Waals surface area contributed by atoms with Crippen molar-refractivity contribution in [3.8, 4) is 5.75 Å². The minimum atomic E-state index is -2.19. The van der Waals surface area contributed by atoms with Gasteiger partial charge in [-0.1, -0.05) is 25.4 Å². The number of amides is 1. The maximum atomic E-state index is 14.2. The molecule has 0 aliphatic carbocycles. The number of piperazine rings is 1. The molecule has 0 atom stereocenters. The minimum Gasteiger partial charge on any atom is -0.493 e. The Bertz CT molecular complexity index is 1300. The normalized spacial score (nSPS) is 13.7. The van der Waals surface area contributed by atoms with Crippen molar-refractivity contribution in [1.29, 1.82) is 0 Å². The molecule has 0 saturated carbocycles. The summed E-state index contributed by atoms with van der Waals surface area (Å²) in [5.74, 6) is -9.13. The summed E-state index contributed by atoms with van der Waals surface area (Å²) in [7, 11) is 0. The molecular weight excluding hydrogens is 529 g/mol. The van der Waals surface area contributed by atoms with Crippen LogP contribution in [-0.2, 0) is 0 Å². The van der Waals surface area contributed by atoms with Crippen molar-refractivity contribution in [3.63, 3.8) is 0 Å². The third kappa shape index (κ3) is 5.80. The van der Waals surface area contributed by atoms with Crippen molar-refractivity contribution in [2.45, 2.75) is 13.8 Å². The molecule has 5 nitrogen and oxygen atoms in total. The van der Waals surface area contributed by atoms with E-state index in [2.05, 4.69) is 5.32 Å². The highest BCUT2D eigenvalue weighted by atomic mass is 35.5. The van der Waals surface area contributed by atoms with Gasteiger partial charge < -0.3 is 19.9 Å². The molecule has 1 amide bonds. The quantitative estimate of drug-likeness (QED) is 0.202. The Balaban J connectivity index is 1.39. The Morgan fingerprint density at radius 3 is 1.97 bits per heavy atom. The molecular formula is C27H25ClF5N3O2. The van der Waals surface area contributed by atoms with Crippen molar-refractivity contribution in [2.75, 3.05) is 47.9 Å². The van der Waals surface area contributed by atoms with Gasteiger partial charge in [-0.3, -0.25) is 4.79 Å². The highest BCUT2D eigenvalue weighted by molar-refractivity contribution is 6.33. The summed E-state index contributed by atoms with van der Waals surface area (Å²) >= 11 is 6.45. The number of halogens is 6. The van der Waals surface area contributed by atoms with Crippen molar-refractivity contribution >= 4 is 34.6 Å². The van der Waals surface area contributed by atoms with Gasteiger partial charge in [0.05, 0.1) is 17.3 Å². The molecule has 1 heterocycles. The fourth-order valence-electron chi connectivity index (χ4n) is 4.05. The van der Waals surface area contributed by atoms with Gasteiger partial charge in [-0.05, 0) is 48.4 Å². The monoisotopic (exact) mass is 553 g/mol. The number of carbonyl (C=O) groups is 1. The van der Waals surface area contributed by atoms with E-state index < -0.39 is 34.8 Å². The molecule has 0 radical (unpaired) electrons. The van der Waals surface area contributed by atoms with Crippen molar-refractivity contribution < 1.29 is 31.5 Å². The van der Waals surface area contributed by atoms with Crippen molar-refractivity contribution in [1.82, 2.24) is 0 Å². The van der Waals surface area contributed by atoms with Crippen molar-refractivity contribution in [3.05, 3.63) is 82.1 Å². The van der Waals surface area contributed by atoms with Crippen LogP contribution in [0.3, 0.4) is 0 Å². The average molecular weight is 554 g/mol. The van der Waals surface area contributed by atoms with Gasteiger partial charge in [0.1, 0.15) is 11.4 Å². The van der Waals surface area contributed by atoms with Gasteiger partial charge in [-0.15, -0.1) is 0 Å². The van der Waals surface area contributed by atoms with E-state index in [-0.39, 0.29) is 32.1 Å². The molecule has 11 heteroatoms. The standard InChI is InChI=1S/C27H25ClF5N3O2/c1-15(2)14-38-18-6-3-16(4-7-18)27(37)34-17-5-8-20(19(28)13-17)35-9-11-36(12-10-35)26-24(32)22(30)21(29)23(31)25(26)33/h3-8,13,15H,9-12,14H2,1-2H3,(H,34,37). The molecule has 0 bridgehead atoms. The van der Waals surface area contributed by atoms with Gasteiger partial charge in [-0.25, -0.2) is 22.0 Å². The van der Waals surface area contributed by atoms with E-state index >= 15 is 0 Å². The lowest BCUT2D eigenvalue weighted by Crippen LogP contribution is -2.47. The van der Waals surface area contributed by atoms with Crippen LogP contribution >= 0.6 is 11.6 Å². The first-order valence-electron chi connectivity index (χ1n) is 11.9. The molecule has 1 aliphatic rings. The van der Waals surface area contributed by atoms with E-state index in [1.807, 2.05) is 18.7 Å². The Morgan fingerprint density at radius 2 is 1.42 bits per heavy atom. The fraction of sp³-hybridized carbons (Fsp3) is 0.296. The molecule has 3 aromatic carbocycles. The molecule has 1 fully saturated rings. The smallest absolute Gasteiger partial charge is 0.255 e. The second-order valence-corrected chi connectivity index (χ2v) is 9.65. The summed E-state index contributed by atoms with van der Waals surface area (Å²) in [6.07, 6.45) is 0. The largest absolute Gasteiger partial charge is 0.493 e. The summed E-state index contributed by atoms with van der Waals surface area (Å²) in [4.78, 5) is 15.6. The van der Waals surface area contributed by atoms with Gasteiger partial charge in [0.15, 0.2) is 23.3 Å². The van der Waals surface area contributed by atoms with Crippen LogP contribution in [0.2, 0.25) is 5.02 Å². The summed E-state index contributed by atoms with van der Waals surface area (Å²) in [6, 6.07) is 11.7. The summed E-state index contributed by atoms with van der Waals surface area (Å²) in [5.41, 5.74) is 0.563. The van der Waals surface area contributed by atoms with E-state index in [1.54, 1.807) is 42.5 Å². The second-order valence-electron chi connectivity index (χ2n) is 9.24. The lowest BCUT2D eigenvalue weighted by Gasteiger charge is -2.38. The fourth-order valence-corrected chi connectivity index (χ4v) is 4.35. The molecule has 202 valence electrons. The van der Waals surface area contributed by atoms with Gasteiger partial charge in [0.2, 0.25) is 5.82 Å². The van der Waals surface area contributed by atoms with Gasteiger partial charge >= 0.3 is 0 Å². The zero-order chi connectivity index (χ0) is 27.6. The number of ether oxygens (including phenoxy) is 1. The van der Waals surface area contributed by atoms with E-state index in [0.29, 0.717) is 40.2 Å². The second kappa shape index (κ2) is 11.5. The van der Waals surface area contributed by atoms with E-state index in [0.717, 1.165) is 4.90 Å². The predicted molar refractivity (Wildman–Crippen MR) is 137 cm³/mol. The van der Waals surface area contributed by atoms with Crippen LogP contribution in [0.1, 0.15) is 24.2 Å². The molecule has 3 aromatic rings. The number of anilines is 3. The average Bonchev–Trinajstić information content (AvgIpc) is 2.90. The predicted octanol–water partition coefficient (Wildman–Crippen LogP) is 6.65. The zero-order valence-corrected chi connectivity index (χ0v) is 21.4. The number of hydrogen-bond donors (Lipinski definition) is 1. The van der Waals surface area contributed by atoms with Crippen LogP contribution in [0.5, 0.6) is 5.75 Å². The highest BCUT2D eigenvalue weighted by Gasteiger charge is 2.31. The van der Waals surface area contributed by atoms with Crippen LogP contribution < -0.4 is 19.9 Å². The first kappa shape index (κ1) is 27.5. The number of nitrogens with one attached hydrogen (secondary N) is 1. The Labute approximate surface area is 221 Å². The van der Waals surface area contributed by atoms with Crippen LogP contribution in [0.4, 0.5) is 39.0 Å². The molecule has 1 aliphatic heterocycles. The number of carbonyl (C=O) groups excluding carboxylic acids is 1. The highest BCUT2D eigenvalue weighted by Crippen LogP contribution is 2.33. The third-order valence-electron chi connectivity index (χ3n) is 6.03. The summed E-state index contributed by atoms with van der Waals surface area (Å²) in [6.45, 7) is 5.10. The lowest BCUT2D eigenvalue weighted by molar-refractivity contribution is 0.102. The van der Waals surface area contributed by atoms with E-state index in [1.165, 1.54) is 0 Å². The van der Waals surface area contributed by atoms with Crippen LogP contribution in [-0.4, -0.2) is 38.7 Å². The SMILES string of the molecule is CC(C)COc1ccc(C(=O)Nc2ccc(N3CCN(c4c(F)c(F)c(F)c(F)c4F)CC3)c(Cl)c2)cc1. The van der Waals surface area contributed by atoms with Crippen LogP contribution in [0.25, 0.3) is 0 Å². The summed E-state index contributed by atoms with van der Waals surface area (Å²) in [5, 5.41) is 3.10. The number of nitrogens with zero attached hydrogens (tertiary/aromatic N) is 2. The minimum absolute atomic E-state index is 0.00401. The Morgan fingerprint density at radius 1 is 0.868 bits per heavy atom. The molecule has 1 saturated heterocycles. The maximum absolute atomic E-state index is 14.2. The van der Waals surface area contributed by atoms with Gasteiger partial charge in [0, 0.05) is 37.4 Å². The van der Waals surface area contributed by atoms with E-state index in [9.17, 15) is 26.7 Å². The lowest BCUT2D eigenvalue weighted by atomic mass is 10.1. The zero-order valence-electron chi connectivity index (χ0n) is 20.6. The number of rotatable bonds is 7. The summed E-state index contributed by atoms with van der Waals surface area (Å²) < 4.78 is 74.6. The van der Waals surface area contributed by atoms with Crippen molar-refractivity contribution in [2.24, 2.45) is 5.92 Å². The Hall–Kier alpha value is -3.53. The van der Waals surface area contributed by atoms with E-state index in [4.69, 9.17) is 16.3 Å². The van der Waals surface area contributed by atoms with Crippen LogP contribution in [0, 0.1) is 35.0 Å². The third-order valence-corrected chi connectivity index (χ3v) is 6.33.